The molecule has 1 aliphatic heterocycles. The predicted molar refractivity (Wildman–Crippen MR) is 215 cm³/mol. The third kappa shape index (κ3) is 15.7. The van der Waals surface area contributed by atoms with E-state index in [0.29, 0.717) is 22.3 Å². The first-order valence-electron chi connectivity index (χ1n) is 19.7. The largest absolute Gasteiger partial charge is 0.454 e. The molecule has 0 radical (unpaired) electrons. The highest BCUT2D eigenvalue weighted by atomic mass is 16.7. The molecule has 2 N–H and O–H groups in total. The third-order valence-electron chi connectivity index (χ3n) is 8.91. The van der Waals surface area contributed by atoms with Crippen molar-refractivity contribution in [1.29, 1.82) is 0 Å². The molecular formula is C45H43NO19. The first-order chi connectivity index (χ1) is 31.5. The smallest absolute Gasteiger partial charge is 0.418 e. The number of carbonyl (C=O) groups excluding carboxylic acids is 8. The average Bonchev–Trinajstić information content (AvgIpc) is 3.34. The van der Waals surface area contributed by atoms with Crippen LogP contribution in [0.2, 0.25) is 0 Å². The SMILES string of the molecule is NOCCCO[C@H]1O[C@H](COC(=O)C(=O)OCc2ccccc2)[C@@H](OC(=O)C(=O)OCc2ccccc2)[C@H](OC(=O)C(=O)OCc2ccccc2)[C@@H]1OC(=O)C(=O)OCc1ccccc1. The molecule has 5 atom stereocenters. The normalized spacial score (nSPS) is 17.6. The lowest BCUT2D eigenvalue weighted by Gasteiger charge is -2.43. The molecule has 0 bridgehead atoms. The minimum absolute atomic E-state index is 0.0605. The van der Waals surface area contributed by atoms with Gasteiger partial charge in [0.05, 0.1) is 13.2 Å². The van der Waals surface area contributed by atoms with Crippen LogP contribution < -0.4 is 5.90 Å². The van der Waals surface area contributed by atoms with Crippen molar-refractivity contribution >= 4 is 47.8 Å². The van der Waals surface area contributed by atoms with Gasteiger partial charge in [-0.25, -0.2) is 44.3 Å². The number of benzene rings is 4. The molecule has 0 aliphatic carbocycles. The molecule has 0 saturated carbocycles. The maximum absolute atomic E-state index is 13.5. The van der Waals surface area contributed by atoms with Crippen molar-refractivity contribution in [2.75, 3.05) is 19.8 Å². The molecule has 65 heavy (non-hydrogen) atoms. The Morgan fingerprint density at radius 1 is 0.415 bits per heavy atom. The van der Waals surface area contributed by atoms with E-state index in [1.807, 2.05) is 0 Å². The van der Waals surface area contributed by atoms with E-state index in [1.54, 1.807) is 121 Å². The van der Waals surface area contributed by atoms with Gasteiger partial charge in [0.15, 0.2) is 24.6 Å². The first-order valence-corrected chi connectivity index (χ1v) is 19.7. The minimum atomic E-state index is -2.25. The van der Waals surface area contributed by atoms with Gasteiger partial charge in [0.1, 0.15) is 39.1 Å². The van der Waals surface area contributed by atoms with Gasteiger partial charge in [0, 0.05) is 0 Å². The fraction of sp³-hybridized carbons (Fsp3) is 0.289. The molecular weight excluding hydrogens is 858 g/mol. The number of rotatable bonds is 18. The summed E-state index contributed by atoms with van der Waals surface area (Å²) in [6.45, 7) is -2.92. The molecule has 0 unspecified atom stereocenters. The molecule has 20 nitrogen and oxygen atoms in total. The summed E-state index contributed by atoms with van der Waals surface area (Å²) < 4.78 is 53.7. The summed E-state index contributed by atoms with van der Waals surface area (Å²) in [7, 11) is 0. The number of hydrogen-bond acceptors (Lipinski definition) is 20. The van der Waals surface area contributed by atoms with E-state index in [2.05, 4.69) is 4.84 Å². The van der Waals surface area contributed by atoms with Crippen LogP contribution in [0, 0.1) is 0 Å². The highest BCUT2D eigenvalue weighted by molar-refractivity contribution is 6.31. The summed E-state index contributed by atoms with van der Waals surface area (Å²) in [6, 6.07) is 32.9. The van der Waals surface area contributed by atoms with E-state index in [1.165, 1.54) is 0 Å². The molecule has 4 aromatic rings. The molecule has 0 spiro atoms. The zero-order valence-corrected chi connectivity index (χ0v) is 34.4. The number of carbonyl (C=O) groups is 8. The van der Waals surface area contributed by atoms with E-state index in [0.717, 1.165) is 0 Å². The van der Waals surface area contributed by atoms with E-state index < -0.39 is 98.3 Å². The van der Waals surface area contributed by atoms with Gasteiger partial charge in [0.25, 0.3) is 0 Å². The van der Waals surface area contributed by atoms with Crippen LogP contribution in [0.4, 0.5) is 0 Å². The van der Waals surface area contributed by atoms with Crippen LogP contribution in [0.1, 0.15) is 28.7 Å². The van der Waals surface area contributed by atoms with E-state index in [4.69, 9.17) is 53.3 Å². The molecule has 1 fully saturated rings. The zero-order valence-electron chi connectivity index (χ0n) is 34.4. The van der Waals surface area contributed by atoms with Gasteiger partial charge in [-0.3, -0.25) is 0 Å². The average molecular weight is 902 g/mol. The van der Waals surface area contributed by atoms with Crippen LogP contribution in [0.25, 0.3) is 0 Å². The highest BCUT2D eigenvalue weighted by Gasteiger charge is 2.55. The Morgan fingerprint density at radius 2 is 0.754 bits per heavy atom. The second kappa shape index (κ2) is 25.6. The lowest BCUT2D eigenvalue weighted by atomic mass is 9.98. The van der Waals surface area contributed by atoms with Crippen LogP contribution in [-0.4, -0.2) is 98.3 Å². The predicted octanol–water partition coefficient (Wildman–Crippen LogP) is 2.26. The number of esters is 8. The van der Waals surface area contributed by atoms with Crippen LogP contribution in [0.3, 0.4) is 0 Å². The van der Waals surface area contributed by atoms with Crippen LogP contribution in [-0.2, 0) is 117 Å². The van der Waals surface area contributed by atoms with Crippen molar-refractivity contribution in [1.82, 2.24) is 0 Å². The van der Waals surface area contributed by atoms with E-state index in [-0.39, 0.29) is 32.8 Å². The quantitative estimate of drug-likeness (QED) is 0.0493. The number of nitrogens with two attached hydrogens (primary N) is 1. The van der Waals surface area contributed by atoms with Gasteiger partial charge < -0.3 is 52.2 Å². The van der Waals surface area contributed by atoms with Gasteiger partial charge >= 0.3 is 47.8 Å². The fourth-order valence-corrected chi connectivity index (χ4v) is 5.75. The Balaban J connectivity index is 1.45. The van der Waals surface area contributed by atoms with Gasteiger partial charge in [-0.05, 0) is 28.7 Å². The Labute approximate surface area is 370 Å². The molecule has 4 aromatic carbocycles. The zero-order chi connectivity index (χ0) is 46.4. The standard InChI is InChI=1S/C45H43NO19/c46-61-23-13-22-55-45-36(65-44(54)41(51)59-27-32-20-11-4-12-21-32)35(64-43(53)40(50)58-26-31-18-9-3-10-19-31)34(63-42(52)39(49)57-25-30-16-7-2-8-17-30)33(62-45)28-60-38(48)37(47)56-24-29-14-5-1-6-15-29/h1-12,14-21,33-36,45H,13,22-28,46H2/t33-,34-,35+,36+,45+/m1/s1. The van der Waals surface area contributed by atoms with Gasteiger partial charge in [-0.1, -0.05) is 121 Å². The topological polar surface area (TPSA) is 264 Å². The van der Waals surface area contributed by atoms with Crippen LogP contribution in [0.5, 0.6) is 0 Å². The Kier molecular flexibility index (Phi) is 19.1. The first kappa shape index (κ1) is 48.5. The van der Waals surface area contributed by atoms with Crippen molar-refractivity contribution in [2.45, 2.75) is 63.6 Å². The molecule has 0 amide bonds. The summed E-state index contributed by atoms with van der Waals surface area (Å²) in [6.07, 6.45) is -10.3. The second-order valence-electron chi connectivity index (χ2n) is 13.6. The van der Waals surface area contributed by atoms with Crippen molar-refractivity contribution in [2.24, 2.45) is 5.90 Å². The minimum Gasteiger partial charge on any atom is -0.454 e. The lowest BCUT2D eigenvalue weighted by Crippen LogP contribution is -2.64. The van der Waals surface area contributed by atoms with Crippen LogP contribution >= 0.6 is 0 Å². The van der Waals surface area contributed by atoms with Crippen molar-refractivity contribution in [3.63, 3.8) is 0 Å². The van der Waals surface area contributed by atoms with Gasteiger partial charge in [-0.2, -0.15) is 0 Å². The van der Waals surface area contributed by atoms with Crippen LogP contribution in [0.15, 0.2) is 121 Å². The number of hydrogen-bond donors (Lipinski definition) is 1. The van der Waals surface area contributed by atoms with E-state index >= 15 is 0 Å². The molecule has 20 heteroatoms. The Morgan fingerprint density at radius 3 is 1.14 bits per heavy atom. The summed E-state index contributed by atoms with van der Waals surface area (Å²) in [5.74, 6) is -7.83. The van der Waals surface area contributed by atoms with E-state index in [9.17, 15) is 38.4 Å². The molecule has 1 heterocycles. The maximum atomic E-state index is 13.5. The van der Waals surface area contributed by atoms with Gasteiger partial charge in [0.2, 0.25) is 0 Å². The van der Waals surface area contributed by atoms with Crippen molar-refractivity contribution in [3.8, 4) is 0 Å². The molecule has 1 saturated heterocycles. The van der Waals surface area contributed by atoms with Gasteiger partial charge in [-0.15, -0.1) is 0 Å². The Hall–Kier alpha value is -7.52. The molecule has 5 rings (SSSR count). The van der Waals surface area contributed by atoms with Crippen molar-refractivity contribution in [3.05, 3.63) is 144 Å². The summed E-state index contributed by atoms with van der Waals surface area (Å²) in [5.41, 5.74) is 1.98. The molecule has 0 aromatic heterocycles. The third-order valence-corrected chi connectivity index (χ3v) is 8.91. The monoisotopic (exact) mass is 901 g/mol. The summed E-state index contributed by atoms with van der Waals surface area (Å²) in [5, 5.41) is 0. The summed E-state index contributed by atoms with van der Waals surface area (Å²) in [4.78, 5) is 110. The lowest BCUT2D eigenvalue weighted by molar-refractivity contribution is -0.308. The number of ether oxygens (including phenoxy) is 10. The second-order valence-corrected chi connectivity index (χ2v) is 13.6. The Bertz CT molecular complexity index is 2210. The summed E-state index contributed by atoms with van der Waals surface area (Å²) >= 11 is 0. The highest BCUT2D eigenvalue weighted by Crippen LogP contribution is 2.31. The maximum Gasteiger partial charge on any atom is 0.418 e. The fourth-order valence-electron chi connectivity index (χ4n) is 5.75. The molecule has 1 aliphatic rings. The molecule has 342 valence electrons. The van der Waals surface area contributed by atoms with Crippen molar-refractivity contribution < 1.29 is 90.6 Å².